The summed E-state index contributed by atoms with van der Waals surface area (Å²) in [5, 5.41) is 10.5. The first-order valence-electron chi connectivity index (χ1n) is 4.62. The molecule has 1 nitrogen and oxygen atoms in total. The molecule has 0 unspecified atom stereocenters. The molecule has 0 heterocycles. The summed E-state index contributed by atoms with van der Waals surface area (Å²) < 4.78 is 13.1. The average molecular weight is 292 g/mol. The summed E-state index contributed by atoms with van der Waals surface area (Å²) in [4.78, 5) is 0. The summed E-state index contributed by atoms with van der Waals surface area (Å²) in [6.07, 6.45) is 0. The van der Waals surface area contributed by atoms with Crippen LogP contribution in [0.4, 0.5) is 4.39 Å². The molecular weight excluding hydrogens is 285 g/mol. The quantitative estimate of drug-likeness (QED) is 0.769. The average Bonchev–Trinajstić information content (AvgIpc) is 2.27. The van der Waals surface area contributed by atoms with Crippen molar-refractivity contribution < 1.29 is 9.50 Å². The van der Waals surface area contributed by atoms with Gasteiger partial charge in [-0.25, -0.2) is 4.39 Å². The van der Waals surface area contributed by atoms with Crippen LogP contribution in [0.3, 0.4) is 0 Å². The lowest BCUT2D eigenvalue weighted by molar-refractivity contribution is 0.471. The first-order chi connectivity index (χ1) is 7.99. The third kappa shape index (κ3) is 2.49. The third-order valence-corrected chi connectivity index (χ3v) is 3.11. The van der Waals surface area contributed by atoms with Crippen LogP contribution < -0.4 is 0 Å². The van der Waals surface area contributed by atoms with E-state index in [0.29, 0.717) is 21.2 Å². The number of hydrogen-bond donors (Lipinski definition) is 1. The van der Waals surface area contributed by atoms with Crippen LogP contribution in [-0.4, -0.2) is 5.11 Å². The number of phenols is 1. The van der Waals surface area contributed by atoms with Crippen molar-refractivity contribution in [1.82, 2.24) is 0 Å². The SMILES string of the molecule is Oc1cc(F)c(Cl)cc1-c1cc(Cl)ccc1Cl. The fourth-order valence-corrected chi connectivity index (χ4v) is 2.01. The number of aromatic hydroxyl groups is 1. The standard InChI is InChI=1S/C12H6Cl3FO/c13-6-1-2-9(14)7(3-6)8-4-10(15)11(16)5-12(8)17/h1-5,17H. The van der Waals surface area contributed by atoms with Crippen molar-refractivity contribution in [2.45, 2.75) is 0 Å². The molecule has 0 aromatic heterocycles. The normalized spacial score (nSPS) is 10.6. The summed E-state index contributed by atoms with van der Waals surface area (Å²) in [7, 11) is 0. The van der Waals surface area contributed by atoms with Gasteiger partial charge in [0.15, 0.2) is 0 Å². The van der Waals surface area contributed by atoms with E-state index in [1.165, 1.54) is 6.07 Å². The van der Waals surface area contributed by atoms with E-state index in [1.807, 2.05) is 0 Å². The van der Waals surface area contributed by atoms with E-state index in [9.17, 15) is 9.50 Å². The molecular formula is C12H6Cl3FO. The fourth-order valence-electron chi connectivity index (χ4n) is 1.46. The van der Waals surface area contributed by atoms with Gasteiger partial charge in [0.2, 0.25) is 0 Å². The maximum atomic E-state index is 13.1. The van der Waals surface area contributed by atoms with Crippen LogP contribution in [-0.2, 0) is 0 Å². The highest BCUT2D eigenvalue weighted by molar-refractivity contribution is 6.35. The number of benzene rings is 2. The topological polar surface area (TPSA) is 20.2 Å². The first-order valence-corrected chi connectivity index (χ1v) is 5.76. The fraction of sp³-hybridized carbons (Fsp3) is 0. The zero-order valence-corrected chi connectivity index (χ0v) is 10.6. The molecule has 2 rings (SSSR count). The van der Waals surface area contributed by atoms with E-state index < -0.39 is 5.82 Å². The summed E-state index contributed by atoms with van der Waals surface area (Å²) in [5.74, 6) is -0.929. The van der Waals surface area contributed by atoms with Gasteiger partial charge in [0, 0.05) is 27.2 Å². The van der Waals surface area contributed by atoms with E-state index in [1.54, 1.807) is 18.2 Å². The van der Waals surface area contributed by atoms with Crippen molar-refractivity contribution in [3.05, 3.63) is 51.2 Å². The van der Waals surface area contributed by atoms with E-state index in [0.717, 1.165) is 6.07 Å². The molecule has 0 radical (unpaired) electrons. The Morgan fingerprint density at radius 1 is 0.882 bits per heavy atom. The summed E-state index contributed by atoms with van der Waals surface area (Å²) >= 11 is 17.5. The molecule has 0 spiro atoms. The number of rotatable bonds is 1. The largest absolute Gasteiger partial charge is 0.507 e. The van der Waals surface area contributed by atoms with Gasteiger partial charge in [-0.3, -0.25) is 0 Å². The van der Waals surface area contributed by atoms with E-state index in [4.69, 9.17) is 34.8 Å². The zero-order valence-electron chi connectivity index (χ0n) is 8.35. The van der Waals surface area contributed by atoms with Gasteiger partial charge in [-0.05, 0) is 24.3 Å². The van der Waals surface area contributed by atoms with Gasteiger partial charge >= 0.3 is 0 Å². The molecule has 0 aliphatic rings. The Hall–Kier alpha value is -0.960. The molecule has 0 saturated heterocycles. The van der Waals surface area contributed by atoms with E-state index >= 15 is 0 Å². The summed E-state index contributed by atoms with van der Waals surface area (Å²) in [6, 6.07) is 7.04. The maximum absolute atomic E-state index is 13.1. The Morgan fingerprint density at radius 3 is 2.29 bits per heavy atom. The van der Waals surface area contributed by atoms with Crippen molar-refractivity contribution in [2.75, 3.05) is 0 Å². The van der Waals surface area contributed by atoms with Crippen molar-refractivity contribution in [3.63, 3.8) is 0 Å². The lowest BCUT2D eigenvalue weighted by atomic mass is 10.0. The predicted octanol–water partition coefficient (Wildman–Crippen LogP) is 5.16. The van der Waals surface area contributed by atoms with Gasteiger partial charge < -0.3 is 5.11 Å². The van der Waals surface area contributed by atoms with Crippen molar-refractivity contribution in [2.24, 2.45) is 0 Å². The van der Waals surface area contributed by atoms with Gasteiger partial charge in [0.05, 0.1) is 5.02 Å². The monoisotopic (exact) mass is 290 g/mol. The Kier molecular flexibility index (Phi) is 3.48. The molecule has 0 fully saturated rings. The van der Waals surface area contributed by atoms with Crippen molar-refractivity contribution in [1.29, 1.82) is 0 Å². The zero-order chi connectivity index (χ0) is 12.6. The Labute approximate surface area is 112 Å². The Morgan fingerprint density at radius 2 is 1.59 bits per heavy atom. The van der Waals surface area contributed by atoms with Gasteiger partial charge in [0.25, 0.3) is 0 Å². The van der Waals surface area contributed by atoms with Gasteiger partial charge in [0.1, 0.15) is 11.6 Å². The minimum Gasteiger partial charge on any atom is -0.507 e. The van der Waals surface area contributed by atoms with Crippen LogP contribution >= 0.6 is 34.8 Å². The van der Waals surface area contributed by atoms with Crippen LogP contribution in [0.15, 0.2) is 30.3 Å². The molecule has 1 N–H and O–H groups in total. The minimum absolute atomic E-state index is 0.0890. The number of phenolic OH excluding ortho intramolecular Hbond substituents is 1. The highest BCUT2D eigenvalue weighted by atomic mass is 35.5. The molecule has 88 valence electrons. The summed E-state index contributed by atoms with van der Waals surface area (Å²) in [5.41, 5.74) is 0.836. The van der Waals surface area contributed by atoms with E-state index in [2.05, 4.69) is 0 Å². The Bertz CT molecular complexity index is 584. The lowest BCUT2D eigenvalue weighted by Crippen LogP contribution is -1.85. The molecule has 2 aromatic carbocycles. The smallest absolute Gasteiger partial charge is 0.145 e. The van der Waals surface area contributed by atoms with Crippen molar-refractivity contribution >= 4 is 34.8 Å². The van der Waals surface area contributed by atoms with Gasteiger partial charge in [-0.2, -0.15) is 0 Å². The highest BCUT2D eigenvalue weighted by Crippen LogP contribution is 2.38. The van der Waals surface area contributed by atoms with Crippen LogP contribution in [0.2, 0.25) is 15.1 Å². The molecule has 0 aliphatic heterocycles. The number of hydrogen-bond acceptors (Lipinski definition) is 1. The maximum Gasteiger partial charge on any atom is 0.145 e. The molecule has 5 heteroatoms. The van der Waals surface area contributed by atoms with E-state index in [-0.39, 0.29) is 10.8 Å². The van der Waals surface area contributed by atoms with Crippen LogP contribution in [0.1, 0.15) is 0 Å². The highest BCUT2D eigenvalue weighted by Gasteiger charge is 2.12. The second-order valence-electron chi connectivity index (χ2n) is 3.41. The van der Waals surface area contributed by atoms with Gasteiger partial charge in [-0.1, -0.05) is 34.8 Å². The second-order valence-corrected chi connectivity index (χ2v) is 4.66. The molecule has 0 aliphatic carbocycles. The molecule has 17 heavy (non-hydrogen) atoms. The van der Waals surface area contributed by atoms with Gasteiger partial charge in [-0.15, -0.1) is 0 Å². The molecule has 0 bridgehead atoms. The number of halogens is 4. The second kappa shape index (κ2) is 4.73. The van der Waals surface area contributed by atoms with Crippen LogP contribution in [0.25, 0.3) is 11.1 Å². The molecule has 0 amide bonds. The lowest BCUT2D eigenvalue weighted by Gasteiger charge is -2.08. The van der Waals surface area contributed by atoms with Crippen LogP contribution in [0.5, 0.6) is 5.75 Å². The van der Waals surface area contributed by atoms with Crippen molar-refractivity contribution in [3.8, 4) is 16.9 Å². The molecule has 0 atom stereocenters. The molecule has 2 aromatic rings. The van der Waals surface area contributed by atoms with Crippen LogP contribution in [0, 0.1) is 5.82 Å². The molecule has 0 saturated carbocycles. The third-order valence-electron chi connectivity index (χ3n) is 2.26. The summed E-state index contributed by atoms with van der Waals surface area (Å²) in [6.45, 7) is 0. The predicted molar refractivity (Wildman–Crippen MR) is 68.5 cm³/mol. The first kappa shape index (κ1) is 12.5. The Balaban J connectivity index is 2.68. The minimum atomic E-state index is -0.689.